The number of hydrogen-bond donors (Lipinski definition) is 0. The molecule has 0 saturated carbocycles. The first-order chi connectivity index (χ1) is 29.6. The monoisotopic (exact) mass is 806 g/mol. The molecule has 0 radical (unpaired) electrons. The molecule has 0 saturated heterocycles. The molecular formula is C48H50N6O6. The Hall–Kier alpha value is -7.08. The summed E-state index contributed by atoms with van der Waals surface area (Å²) in [5, 5.41) is 25.8. The van der Waals surface area contributed by atoms with Crippen molar-refractivity contribution in [3.63, 3.8) is 0 Å². The summed E-state index contributed by atoms with van der Waals surface area (Å²) < 4.78 is 33.9. The number of unbranched alkanes of at least 4 members (excludes halogenated alkanes) is 4. The van der Waals surface area contributed by atoms with E-state index in [1.165, 1.54) is 0 Å². The zero-order valence-corrected chi connectivity index (χ0v) is 34.1. The molecule has 0 heterocycles. The van der Waals surface area contributed by atoms with Gasteiger partial charge >= 0.3 is 0 Å². The Labute approximate surface area is 351 Å². The summed E-state index contributed by atoms with van der Waals surface area (Å²) in [6.07, 6.45) is 5.74. The predicted molar refractivity (Wildman–Crippen MR) is 234 cm³/mol. The highest BCUT2D eigenvalue weighted by Crippen LogP contribution is 2.26. The SMILES string of the molecule is COc1ccc(N=Nc2ccc(OCCCCCOc3ccc(N=Nc4ccc(OCCCCCOc5ccc(N=Nc6ccc(OC)cc6)cc5)cc4)cc3)cc2)cc1. The molecule has 12 heteroatoms. The minimum absolute atomic E-state index is 0.634. The number of ether oxygens (including phenoxy) is 6. The summed E-state index contributed by atoms with van der Waals surface area (Å²) >= 11 is 0. The van der Waals surface area contributed by atoms with E-state index in [2.05, 4.69) is 30.7 Å². The van der Waals surface area contributed by atoms with Crippen LogP contribution in [0.5, 0.6) is 34.5 Å². The molecule has 0 atom stereocenters. The van der Waals surface area contributed by atoms with Crippen LogP contribution in [0.15, 0.2) is 176 Å². The Balaban J connectivity index is 0.774. The molecule has 12 nitrogen and oxygen atoms in total. The third-order valence-electron chi connectivity index (χ3n) is 8.99. The molecule has 0 spiro atoms. The molecule has 308 valence electrons. The van der Waals surface area contributed by atoms with Gasteiger partial charge in [-0.05, 0) is 184 Å². The van der Waals surface area contributed by atoms with E-state index in [-0.39, 0.29) is 0 Å². The van der Waals surface area contributed by atoms with Crippen LogP contribution in [0.1, 0.15) is 38.5 Å². The van der Waals surface area contributed by atoms with E-state index >= 15 is 0 Å². The molecule has 0 amide bonds. The fourth-order valence-electron chi connectivity index (χ4n) is 5.60. The van der Waals surface area contributed by atoms with Gasteiger partial charge in [0.25, 0.3) is 0 Å². The maximum absolute atomic E-state index is 5.92. The summed E-state index contributed by atoms with van der Waals surface area (Å²) in [4.78, 5) is 0. The number of benzene rings is 6. The molecule has 0 unspecified atom stereocenters. The highest BCUT2D eigenvalue weighted by molar-refractivity contribution is 5.47. The van der Waals surface area contributed by atoms with E-state index in [1.807, 2.05) is 146 Å². The molecule has 0 bridgehead atoms. The first kappa shape index (κ1) is 42.5. The molecular weight excluding hydrogens is 757 g/mol. The van der Waals surface area contributed by atoms with E-state index in [1.54, 1.807) is 14.2 Å². The van der Waals surface area contributed by atoms with Gasteiger partial charge in [0.15, 0.2) is 0 Å². The lowest BCUT2D eigenvalue weighted by Crippen LogP contribution is -2.00. The molecule has 0 aliphatic rings. The first-order valence-electron chi connectivity index (χ1n) is 20.1. The third kappa shape index (κ3) is 15.0. The molecule has 0 aromatic heterocycles. The molecule has 0 aliphatic carbocycles. The highest BCUT2D eigenvalue weighted by Gasteiger charge is 2.02. The van der Waals surface area contributed by atoms with E-state index in [9.17, 15) is 0 Å². The summed E-state index contributed by atoms with van der Waals surface area (Å²) in [6.45, 7) is 2.55. The largest absolute Gasteiger partial charge is 0.497 e. The van der Waals surface area contributed by atoms with Crippen molar-refractivity contribution in [1.29, 1.82) is 0 Å². The number of methoxy groups -OCH3 is 2. The van der Waals surface area contributed by atoms with Crippen LogP contribution in [0.3, 0.4) is 0 Å². The van der Waals surface area contributed by atoms with Gasteiger partial charge in [0.05, 0.1) is 74.8 Å². The lowest BCUT2D eigenvalue weighted by molar-refractivity contribution is 0.279. The van der Waals surface area contributed by atoms with E-state index in [0.717, 1.165) is 107 Å². The van der Waals surface area contributed by atoms with Gasteiger partial charge in [0.2, 0.25) is 0 Å². The van der Waals surface area contributed by atoms with Crippen LogP contribution in [-0.2, 0) is 0 Å². The number of hydrogen-bond acceptors (Lipinski definition) is 12. The minimum atomic E-state index is 0.634. The van der Waals surface area contributed by atoms with Crippen LogP contribution in [0.2, 0.25) is 0 Å². The zero-order valence-electron chi connectivity index (χ0n) is 34.1. The average molecular weight is 807 g/mol. The molecule has 0 N–H and O–H groups in total. The maximum Gasteiger partial charge on any atom is 0.119 e. The minimum Gasteiger partial charge on any atom is -0.497 e. The molecule has 6 aromatic rings. The van der Waals surface area contributed by atoms with Crippen LogP contribution in [0.4, 0.5) is 34.1 Å². The predicted octanol–water partition coefficient (Wildman–Crippen LogP) is 14.2. The zero-order chi connectivity index (χ0) is 41.5. The van der Waals surface area contributed by atoms with Gasteiger partial charge in [-0.25, -0.2) is 0 Å². The number of azo groups is 3. The van der Waals surface area contributed by atoms with Crippen LogP contribution in [-0.4, -0.2) is 40.6 Å². The lowest BCUT2D eigenvalue weighted by atomic mass is 10.2. The van der Waals surface area contributed by atoms with Crippen molar-refractivity contribution in [2.75, 3.05) is 40.6 Å². The second kappa shape index (κ2) is 24.0. The Morgan fingerprint density at radius 1 is 0.250 bits per heavy atom. The summed E-state index contributed by atoms with van der Waals surface area (Å²) in [6, 6.07) is 45.3. The van der Waals surface area contributed by atoms with Crippen LogP contribution >= 0.6 is 0 Å². The Morgan fingerprint density at radius 2 is 0.433 bits per heavy atom. The smallest absolute Gasteiger partial charge is 0.119 e. The second-order valence-electron chi connectivity index (χ2n) is 13.5. The summed E-state index contributed by atoms with van der Waals surface area (Å²) in [7, 11) is 3.27. The van der Waals surface area contributed by atoms with Crippen LogP contribution in [0, 0.1) is 0 Å². The average Bonchev–Trinajstić information content (AvgIpc) is 3.30. The van der Waals surface area contributed by atoms with Crippen LogP contribution in [0.25, 0.3) is 0 Å². The van der Waals surface area contributed by atoms with Gasteiger partial charge in [-0.3, -0.25) is 0 Å². The molecule has 6 rings (SSSR count). The maximum atomic E-state index is 5.92. The van der Waals surface area contributed by atoms with Crippen molar-refractivity contribution >= 4 is 34.1 Å². The lowest BCUT2D eigenvalue weighted by Gasteiger charge is -2.08. The third-order valence-corrected chi connectivity index (χ3v) is 8.99. The Bertz CT molecular complexity index is 2050. The normalized spacial score (nSPS) is 11.3. The number of rotatable bonds is 24. The van der Waals surface area contributed by atoms with Gasteiger partial charge in [0.1, 0.15) is 34.5 Å². The van der Waals surface area contributed by atoms with Gasteiger partial charge in [-0.15, -0.1) is 0 Å². The summed E-state index contributed by atoms with van der Waals surface area (Å²) in [5.74, 6) is 4.80. The molecule has 0 fully saturated rings. The van der Waals surface area contributed by atoms with Crippen molar-refractivity contribution in [3.8, 4) is 34.5 Å². The van der Waals surface area contributed by atoms with E-state index in [4.69, 9.17) is 28.4 Å². The fraction of sp³-hybridized carbons (Fsp3) is 0.250. The van der Waals surface area contributed by atoms with Crippen molar-refractivity contribution in [3.05, 3.63) is 146 Å². The van der Waals surface area contributed by atoms with Crippen molar-refractivity contribution < 1.29 is 28.4 Å². The van der Waals surface area contributed by atoms with Crippen molar-refractivity contribution in [2.24, 2.45) is 30.7 Å². The molecule has 6 aromatic carbocycles. The van der Waals surface area contributed by atoms with Gasteiger partial charge < -0.3 is 28.4 Å². The standard InChI is InChI=1S/C48H50N6O6/c1-55-43-21-9-37(10-22-43)49-51-39-13-25-45(26-14-39)57-33-5-3-7-35-59-47-29-17-41(18-30-47)53-54-42-19-31-48(32-20-42)60-36-8-4-6-34-58-46-27-15-40(16-28-46)52-50-38-11-23-44(56-2)24-12-38/h9-32H,3-8,33-36H2,1-2H3. The Morgan fingerprint density at radius 3 is 0.617 bits per heavy atom. The van der Waals surface area contributed by atoms with Gasteiger partial charge in [-0.1, -0.05) is 0 Å². The molecule has 60 heavy (non-hydrogen) atoms. The Kier molecular flexibility index (Phi) is 17.0. The van der Waals surface area contributed by atoms with E-state index < -0.39 is 0 Å². The quantitative estimate of drug-likeness (QED) is 0.0442. The van der Waals surface area contributed by atoms with Gasteiger partial charge in [-0.2, -0.15) is 30.7 Å². The number of nitrogens with zero attached hydrogens (tertiary/aromatic N) is 6. The summed E-state index contributed by atoms with van der Waals surface area (Å²) in [5.41, 5.74) is 4.55. The second-order valence-corrected chi connectivity index (χ2v) is 13.5. The van der Waals surface area contributed by atoms with Crippen molar-refractivity contribution in [1.82, 2.24) is 0 Å². The van der Waals surface area contributed by atoms with Gasteiger partial charge in [0, 0.05) is 0 Å². The van der Waals surface area contributed by atoms with Crippen molar-refractivity contribution in [2.45, 2.75) is 38.5 Å². The molecule has 0 aliphatic heterocycles. The fourth-order valence-corrected chi connectivity index (χ4v) is 5.60. The van der Waals surface area contributed by atoms with E-state index in [0.29, 0.717) is 26.4 Å². The highest BCUT2D eigenvalue weighted by atomic mass is 16.5. The topological polar surface area (TPSA) is 130 Å². The van der Waals surface area contributed by atoms with Crippen LogP contribution < -0.4 is 28.4 Å². The first-order valence-corrected chi connectivity index (χ1v) is 20.1.